The molecule has 1 atom stereocenters. The molecule has 0 radical (unpaired) electrons. The molecule has 2 aromatic carbocycles. The molecule has 4 rings (SSSR count). The Balaban J connectivity index is 1.97. The minimum atomic E-state index is -1.08. The van der Waals surface area contributed by atoms with Crippen molar-refractivity contribution >= 4 is 5.84 Å². The smallest absolute Gasteiger partial charge is 0.193 e. The monoisotopic (exact) mass is 264 g/mol. The van der Waals surface area contributed by atoms with Gasteiger partial charge in [0.25, 0.3) is 0 Å². The van der Waals surface area contributed by atoms with Gasteiger partial charge < -0.3 is 10.0 Å². The molecule has 0 aliphatic carbocycles. The Kier molecular flexibility index (Phi) is 2.30. The number of hydrogen-bond donors (Lipinski definition) is 1. The molecule has 100 valence electrons. The second kappa shape index (κ2) is 3.93. The van der Waals surface area contributed by atoms with E-state index in [9.17, 15) is 5.11 Å². The summed E-state index contributed by atoms with van der Waals surface area (Å²) < 4.78 is 0. The zero-order valence-electron chi connectivity index (χ0n) is 11.4. The summed E-state index contributed by atoms with van der Waals surface area (Å²) in [5.74, 6) is 0.920. The molecule has 1 unspecified atom stereocenters. The standard InChI is InChI=1S/C17H16N2O/c1-12-6-8-13(9-7-12)17(20)15-5-3-2-4-14(15)16-18-10-11-19(16)17/h2-9,20H,10-11H2,1H3. The van der Waals surface area contributed by atoms with Crippen molar-refractivity contribution in [2.45, 2.75) is 12.6 Å². The molecule has 2 aliphatic heterocycles. The summed E-state index contributed by atoms with van der Waals surface area (Å²) in [7, 11) is 0. The van der Waals surface area contributed by atoms with Gasteiger partial charge in [0.1, 0.15) is 5.84 Å². The zero-order valence-corrected chi connectivity index (χ0v) is 11.4. The number of nitrogens with zero attached hydrogens (tertiary/aromatic N) is 2. The number of fused-ring (bicyclic) bond motifs is 3. The van der Waals surface area contributed by atoms with E-state index in [1.807, 2.05) is 53.4 Å². The Hall–Kier alpha value is -2.13. The fourth-order valence-corrected chi connectivity index (χ4v) is 3.22. The highest BCUT2D eigenvalue weighted by atomic mass is 16.3. The first-order valence-electron chi connectivity index (χ1n) is 6.93. The summed E-state index contributed by atoms with van der Waals surface area (Å²) in [5.41, 5.74) is 3.00. The van der Waals surface area contributed by atoms with Crippen LogP contribution in [0.5, 0.6) is 0 Å². The maximum atomic E-state index is 11.4. The Morgan fingerprint density at radius 1 is 1.10 bits per heavy atom. The highest BCUT2D eigenvalue weighted by Gasteiger charge is 2.49. The molecule has 2 aromatic rings. The Morgan fingerprint density at radius 3 is 2.65 bits per heavy atom. The van der Waals surface area contributed by atoms with Crippen molar-refractivity contribution in [2.75, 3.05) is 13.1 Å². The third kappa shape index (κ3) is 1.36. The van der Waals surface area contributed by atoms with E-state index in [1.54, 1.807) is 0 Å². The first-order valence-corrected chi connectivity index (χ1v) is 6.93. The molecule has 3 heteroatoms. The fraction of sp³-hybridized carbons (Fsp3) is 0.235. The summed E-state index contributed by atoms with van der Waals surface area (Å²) in [5, 5.41) is 11.4. The van der Waals surface area contributed by atoms with Crippen molar-refractivity contribution in [3.05, 3.63) is 70.8 Å². The van der Waals surface area contributed by atoms with Crippen molar-refractivity contribution in [3.8, 4) is 0 Å². The summed E-state index contributed by atoms with van der Waals surface area (Å²) in [4.78, 5) is 6.58. The van der Waals surface area contributed by atoms with Crippen molar-refractivity contribution in [2.24, 2.45) is 4.99 Å². The van der Waals surface area contributed by atoms with Gasteiger partial charge in [-0.1, -0.05) is 54.1 Å². The van der Waals surface area contributed by atoms with Gasteiger partial charge in [0.2, 0.25) is 0 Å². The quantitative estimate of drug-likeness (QED) is 0.857. The topological polar surface area (TPSA) is 35.8 Å². The molecule has 0 fully saturated rings. The second-order valence-corrected chi connectivity index (χ2v) is 5.44. The first kappa shape index (κ1) is 11.7. The van der Waals surface area contributed by atoms with E-state index in [-0.39, 0.29) is 0 Å². The lowest BCUT2D eigenvalue weighted by Crippen LogP contribution is -2.43. The molecule has 0 amide bonds. The fourth-order valence-electron chi connectivity index (χ4n) is 3.22. The summed E-state index contributed by atoms with van der Waals surface area (Å²) >= 11 is 0. The van der Waals surface area contributed by atoms with Crippen molar-refractivity contribution < 1.29 is 5.11 Å². The van der Waals surface area contributed by atoms with Gasteiger partial charge in [0.15, 0.2) is 5.72 Å². The predicted octanol–water partition coefficient (Wildman–Crippen LogP) is 2.26. The molecule has 3 nitrogen and oxygen atoms in total. The van der Waals surface area contributed by atoms with E-state index >= 15 is 0 Å². The van der Waals surface area contributed by atoms with Gasteiger partial charge in [-0.15, -0.1) is 0 Å². The molecule has 2 heterocycles. The van der Waals surface area contributed by atoms with Crippen LogP contribution in [0.15, 0.2) is 53.5 Å². The second-order valence-electron chi connectivity index (χ2n) is 5.44. The third-order valence-electron chi connectivity index (χ3n) is 4.23. The van der Waals surface area contributed by atoms with E-state index in [0.29, 0.717) is 0 Å². The molecule has 0 bridgehead atoms. The Labute approximate surface area is 118 Å². The number of amidine groups is 1. The molecular weight excluding hydrogens is 248 g/mol. The van der Waals surface area contributed by atoms with Gasteiger partial charge in [0, 0.05) is 23.2 Å². The molecule has 20 heavy (non-hydrogen) atoms. The zero-order chi connectivity index (χ0) is 13.7. The SMILES string of the molecule is Cc1ccc(C2(O)c3ccccc3C3=NCCN32)cc1. The molecular formula is C17H16N2O. The lowest BCUT2D eigenvalue weighted by Gasteiger charge is -2.34. The minimum Gasteiger partial charge on any atom is -0.363 e. The van der Waals surface area contributed by atoms with Crippen LogP contribution in [0.25, 0.3) is 0 Å². The van der Waals surface area contributed by atoms with Gasteiger partial charge in [-0.05, 0) is 6.92 Å². The average molecular weight is 264 g/mol. The van der Waals surface area contributed by atoms with Crippen molar-refractivity contribution in [1.82, 2.24) is 4.90 Å². The highest BCUT2D eigenvalue weighted by molar-refractivity contribution is 6.05. The third-order valence-corrected chi connectivity index (χ3v) is 4.23. The number of aryl methyl sites for hydroxylation is 1. The van der Waals surface area contributed by atoms with Crippen LogP contribution in [-0.2, 0) is 5.72 Å². The van der Waals surface area contributed by atoms with E-state index in [2.05, 4.69) is 11.9 Å². The lowest BCUT2D eigenvalue weighted by atomic mass is 9.93. The number of rotatable bonds is 1. The highest BCUT2D eigenvalue weighted by Crippen LogP contribution is 2.43. The van der Waals surface area contributed by atoms with Crippen molar-refractivity contribution in [3.63, 3.8) is 0 Å². The maximum Gasteiger partial charge on any atom is 0.193 e. The number of aliphatic imine (C=N–C) groups is 1. The summed E-state index contributed by atoms with van der Waals surface area (Å²) in [6, 6.07) is 16.1. The van der Waals surface area contributed by atoms with Crippen LogP contribution in [0, 0.1) is 6.92 Å². The van der Waals surface area contributed by atoms with Crippen LogP contribution >= 0.6 is 0 Å². The molecule has 0 saturated carbocycles. The van der Waals surface area contributed by atoms with Crippen LogP contribution in [0.4, 0.5) is 0 Å². The van der Waals surface area contributed by atoms with Crippen LogP contribution in [0.3, 0.4) is 0 Å². The molecule has 0 aromatic heterocycles. The van der Waals surface area contributed by atoms with Gasteiger partial charge in [-0.2, -0.15) is 0 Å². The molecule has 1 N–H and O–H groups in total. The van der Waals surface area contributed by atoms with Gasteiger partial charge >= 0.3 is 0 Å². The number of benzene rings is 2. The predicted molar refractivity (Wildman–Crippen MR) is 78.7 cm³/mol. The largest absolute Gasteiger partial charge is 0.363 e. The van der Waals surface area contributed by atoms with Gasteiger partial charge in [-0.25, -0.2) is 0 Å². The van der Waals surface area contributed by atoms with Crippen LogP contribution in [0.2, 0.25) is 0 Å². The van der Waals surface area contributed by atoms with E-state index < -0.39 is 5.72 Å². The first-order chi connectivity index (χ1) is 9.71. The van der Waals surface area contributed by atoms with Crippen LogP contribution in [-0.4, -0.2) is 28.9 Å². The van der Waals surface area contributed by atoms with Crippen molar-refractivity contribution in [1.29, 1.82) is 0 Å². The Bertz CT molecular complexity index is 705. The van der Waals surface area contributed by atoms with Gasteiger partial charge in [0.05, 0.1) is 6.54 Å². The number of hydrogen-bond acceptors (Lipinski definition) is 3. The number of aliphatic hydroxyl groups is 1. The molecule has 0 spiro atoms. The van der Waals surface area contributed by atoms with E-state index in [1.165, 1.54) is 5.56 Å². The molecule has 0 saturated heterocycles. The van der Waals surface area contributed by atoms with Crippen LogP contribution in [0.1, 0.15) is 22.3 Å². The summed E-state index contributed by atoms with van der Waals surface area (Å²) in [6.45, 7) is 3.56. The van der Waals surface area contributed by atoms with Crippen LogP contribution < -0.4 is 0 Å². The average Bonchev–Trinajstić information content (AvgIpc) is 3.04. The van der Waals surface area contributed by atoms with E-state index in [4.69, 9.17) is 0 Å². The minimum absolute atomic E-state index is 0.748. The molecule has 2 aliphatic rings. The lowest BCUT2D eigenvalue weighted by molar-refractivity contribution is -0.0242. The van der Waals surface area contributed by atoms with Gasteiger partial charge in [-0.3, -0.25) is 4.99 Å². The summed E-state index contributed by atoms with van der Waals surface area (Å²) in [6.07, 6.45) is 0. The maximum absolute atomic E-state index is 11.4. The normalized spacial score (nSPS) is 23.5. The Morgan fingerprint density at radius 2 is 1.85 bits per heavy atom. The van der Waals surface area contributed by atoms with E-state index in [0.717, 1.165) is 35.6 Å².